The molecule has 9 nitrogen and oxygen atoms in total. The third-order valence-electron chi connectivity index (χ3n) is 5.62. The quantitative estimate of drug-likeness (QED) is 0.341. The molecule has 0 unspecified atom stereocenters. The van der Waals surface area contributed by atoms with E-state index in [0.717, 1.165) is 38.3 Å². The van der Waals surface area contributed by atoms with Crippen molar-refractivity contribution in [2.75, 3.05) is 18.5 Å². The van der Waals surface area contributed by atoms with Crippen molar-refractivity contribution >= 4 is 50.7 Å². The fraction of sp³-hybridized carbons (Fsp3) is 0.200. The average molecular weight is 536 g/mol. The predicted molar refractivity (Wildman–Crippen MR) is 137 cm³/mol. The van der Waals surface area contributed by atoms with Crippen molar-refractivity contribution in [2.45, 2.75) is 13.0 Å². The van der Waals surface area contributed by atoms with Crippen LogP contribution in [-0.2, 0) is 11.8 Å². The van der Waals surface area contributed by atoms with Crippen LogP contribution in [-0.4, -0.2) is 51.3 Å². The molecule has 4 aromatic rings. The Hall–Kier alpha value is -3.92. The van der Waals surface area contributed by atoms with E-state index in [2.05, 4.69) is 36.3 Å². The molecule has 0 saturated heterocycles. The molecule has 2 N–H and O–H groups in total. The molecular weight excluding hydrogens is 514 g/mol. The number of ether oxygens (including phenoxy) is 2. The second-order valence-corrected chi connectivity index (χ2v) is 8.84. The number of hydrogen-bond donors (Lipinski definition) is 2. The first kappa shape index (κ1) is 22.9. The van der Waals surface area contributed by atoms with Gasteiger partial charge in [0.15, 0.2) is 17.3 Å². The van der Waals surface area contributed by atoms with E-state index in [0.29, 0.717) is 30.1 Å². The first-order chi connectivity index (χ1) is 16.9. The highest BCUT2D eigenvalue weighted by Crippen LogP contribution is 2.40. The average Bonchev–Trinajstić information content (AvgIpc) is 3.17. The highest BCUT2D eigenvalue weighted by molar-refractivity contribution is 9.10. The molecular formula is C25H22BrN5O4. The minimum Gasteiger partial charge on any atom is -0.486 e. The third kappa shape index (κ3) is 4.57. The van der Waals surface area contributed by atoms with Crippen LogP contribution in [0.1, 0.15) is 12.5 Å². The van der Waals surface area contributed by atoms with Crippen LogP contribution in [0.3, 0.4) is 0 Å². The standard InChI is InChI=1S/C25H22BrN5O4/c1-14(25(32)33)27-12-15-10-19-23(28-13-15)24(30-31(19)2)29-18-5-3-4-17(22(18)26)16-6-7-20-21(11-16)35-9-8-34-20/h3-7,10-14H,8-9H2,1-2H3,(H,29,30)(H,32,33)/t14-/m0/s1. The van der Waals surface area contributed by atoms with E-state index in [1.165, 1.54) is 13.1 Å². The third-order valence-corrected chi connectivity index (χ3v) is 6.48. The van der Waals surface area contributed by atoms with Crippen LogP contribution >= 0.6 is 15.9 Å². The largest absolute Gasteiger partial charge is 0.486 e. The Morgan fingerprint density at radius 3 is 2.83 bits per heavy atom. The van der Waals surface area contributed by atoms with E-state index in [4.69, 9.17) is 14.6 Å². The molecule has 0 radical (unpaired) electrons. The topological polar surface area (TPSA) is 111 Å². The number of carboxylic acid groups (broad SMARTS) is 1. The van der Waals surface area contributed by atoms with Gasteiger partial charge in [-0.05, 0) is 58.2 Å². The number of aliphatic carboxylic acids is 1. The predicted octanol–water partition coefficient (Wildman–Crippen LogP) is 4.80. The number of benzene rings is 2. The van der Waals surface area contributed by atoms with Gasteiger partial charge in [0.2, 0.25) is 0 Å². The number of nitrogens with one attached hydrogen (secondary N) is 1. The summed E-state index contributed by atoms with van der Waals surface area (Å²) in [6.07, 6.45) is 3.16. The number of rotatable bonds is 6. The number of carboxylic acids is 1. The van der Waals surface area contributed by atoms with E-state index in [-0.39, 0.29) is 0 Å². The zero-order valence-electron chi connectivity index (χ0n) is 19.0. The number of hydrogen-bond acceptors (Lipinski definition) is 7. The maximum absolute atomic E-state index is 11.0. The lowest BCUT2D eigenvalue weighted by atomic mass is 10.0. The fourth-order valence-corrected chi connectivity index (χ4v) is 4.35. The van der Waals surface area contributed by atoms with Crippen LogP contribution < -0.4 is 14.8 Å². The second-order valence-electron chi connectivity index (χ2n) is 8.05. The molecule has 1 aliphatic heterocycles. The number of nitrogens with zero attached hydrogens (tertiary/aromatic N) is 4. The molecule has 0 spiro atoms. The van der Waals surface area contributed by atoms with Gasteiger partial charge in [0, 0.05) is 29.5 Å². The fourth-order valence-electron chi connectivity index (χ4n) is 3.76. The minimum absolute atomic E-state index is 0.533. The van der Waals surface area contributed by atoms with Crippen LogP contribution in [0.25, 0.3) is 22.2 Å². The van der Waals surface area contributed by atoms with Gasteiger partial charge in [0.1, 0.15) is 24.8 Å². The summed E-state index contributed by atoms with van der Waals surface area (Å²) in [6, 6.07) is 12.9. The van der Waals surface area contributed by atoms with Gasteiger partial charge in [-0.15, -0.1) is 0 Å². The van der Waals surface area contributed by atoms with Crippen molar-refractivity contribution in [3.63, 3.8) is 0 Å². The lowest BCUT2D eigenvalue weighted by molar-refractivity contribution is -0.137. The Bertz CT molecular complexity index is 1470. The van der Waals surface area contributed by atoms with E-state index in [1.807, 2.05) is 49.5 Å². The Balaban J connectivity index is 1.45. The van der Waals surface area contributed by atoms with Gasteiger partial charge in [-0.1, -0.05) is 18.2 Å². The van der Waals surface area contributed by atoms with E-state index < -0.39 is 12.0 Å². The van der Waals surface area contributed by atoms with Crippen molar-refractivity contribution in [3.05, 3.63) is 58.7 Å². The Labute approximate surface area is 209 Å². The number of fused-ring (bicyclic) bond motifs is 2. The molecule has 35 heavy (non-hydrogen) atoms. The van der Waals surface area contributed by atoms with Crippen molar-refractivity contribution in [3.8, 4) is 22.6 Å². The molecule has 3 heterocycles. The van der Waals surface area contributed by atoms with Crippen LogP contribution in [0.15, 0.2) is 58.1 Å². The molecule has 5 rings (SSSR count). The smallest absolute Gasteiger partial charge is 0.328 e. The maximum atomic E-state index is 11.0. The van der Waals surface area contributed by atoms with Crippen LogP contribution in [0.2, 0.25) is 0 Å². The van der Waals surface area contributed by atoms with E-state index in [9.17, 15) is 4.79 Å². The molecule has 178 valence electrons. The Morgan fingerprint density at radius 1 is 1.23 bits per heavy atom. The zero-order chi connectivity index (χ0) is 24.5. The summed E-state index contributed by atoms with van der Waals surface area (Å²) in [5.41, 5.74) is 4.99. The summed E-state index contributed by atoms with van der Waals surface area (Å²) in [5.74, 6) is 1.10. The van der Waals surface area contributed by atoms with Crippen LogP contribution in [0, 0.1) is 0 Å². The Kier molecular flexibility index (Phi) is 6.12. The number of aryl methyl sites for hydroxylation is 1. The molecule has 1 aliphatic rings. The van der Waals surface area contributed by atoms with Gasteiger partial charge in [-0.3, -0.25) is 9.67 Å². The number of anilines is 2. The summed E-state index contributed by atoms with van der Waals surface area (Å²) < 4.78 is 14.0. The van der Waals surface area contributed by atoms with E-state index >= 15 is 0 Å². The summed E-state index contributed by atoms with van der Waals surface area (Å²) in [4.78, 5) is 19.6. The highest BCUT2D eigenvalue weighted by Gasteiger charge is 2.17. The highest BCUT2D eigenvalue weighted by atomic mass is 79.9. The molecule has 0 fully saturated rings. The number of halogens is 1. The lowest BCUT2D eigenvalue weighted by Gasteiger charge is -2.19. The van der Waals surface area contributed by atoms with Crippen molar-refractivity contribution in [2.24, 2.45) is 12.0 Å². The monoisotopic (exact) mass is 535 g/mol. The molecule has 0 amide bonds. The molecule has 10 heteroatoms. The molecule has 0 bridgehead atoms. The zero-order valence-corrected chi connectivity index (χ0v) is 20.6. The van der Waals surface area contributed by atoms with Crippen LogP contribution in [0.5, 0.6) is 11.5 Å². The molecule has 2 aromatic carbocycles. The molecule has 2 aromatic heterocycles. The number of carbonyl (C=O) groups is 1. The van der Waals surface area contributed by atoms with Crippen molar-refractivity contribution in [1.29, 1.82) is 0 Å². The Morgan fingerprint density at radius 2 is 2.03 bits per heavy atom. The molecule has 1 atom stereocenters. The van der Waals surface area contributed by atoms with Crippen molar-refractivity contribution < 1.29 is 19.4 Å². The van der Waals surface area contributed by atoms with E-state index in [1.54, 1.807) is 10.9 Å². The first-order valence-electron chi connectivity index (χ1n) is 10.9. The minimum atomic E-state index is -0.980. The van der Waals surface area contributed by atoms with Crippen molar-refractivity contribution in [1.82, 2.24) is 14.8 Å². The second kappa shape index (κ2) is 9.38. The summed E-state index contributed by atoms with van der Waals surface area (Å²) in [5, 5.41) is 17.0. The number of pyridine rings is 1. The number of aliphatic imine (C=N–C) groups is 1. The van der Waals surface area contributed by atoms with Gasteiger partial charge < -0.3 is 19.9 Å². The SMILES string of the molecule is C[C@H](N=Cc1cnc2c(Nc3cccc(-c4ccc5c(c4)OCCO5)c3Br)nn(C)c2c1)C(=O)O. The normalized spacial score (nSPS) is 13.8. The summed E-state index contributed by atoms with van der Waals surface area (Å²) >= 11 is 3.74. The lowest BCUT2D eigenvalue weighted by Crippen LogP contribution is -2.15. The van der Waals surface area contributed by atoms with Gasteiger partial charge in [0.05, 0.1) is 11.2 Å². The maximum Gasteiger partial charge on any atom is 0.328 e. The van der Waals surface area contributed by atoms with Crippen LogP contribution in [0.4, 0.5) is 11.5 Å². The first-order valence-corrected chi connectivity index (χ1v) is 11.7. The summed E-state index contributed by atoms with van der Waals surface area (Å²) in [7, 11) is 1.83. The molecule has 0 saturated carbocycles. The molecule has 0 aliphatic carbocycles. The van der Waals surface area contributed by atoms with Gasteiger partial charge in [0.25, 0.3) is 0 Å². The number of aromatic nitrogens is 3. The van der Waals surface area contributed by atoms with Gasteiger partial charge in [-0.25, -0.2) is 9.78 Å². The van der Waals surface area contributed by atoms with Gasteiger partial charge in [-0.2, -0.15) is 5.10 Å². The summed E-state index contributed by atoms with van der Waals surface area (Å²) in [6.45, 7) is 2.61. The van der Waals surface area contributed by atoms with Gasteiger partial charge >= 0.3 is 5.97 Å².